The summed E-state index contributed by atoms with van der Waals surface area (Å²) in [7, 11) is 2.00. The molecule has 0 spiro atoms. The highest BCUT2D eigenvalue weighted by molar-refractivity contribution is 6.33. The minimum atomic E-state index is 0.0276. The van der Waals surface area contributed by atoms with Crippen LogP contribution in [0.15, 0.2) is 42.5 Å². The van der Waals surface area contributed by atoms with Crippen molar-refractivity contribution < 1.29 is 0 Å². The van der Waals surface area contributed by atoms with Crippen LogP contribution in [0.1, 0.15) is 16.7 Å². The van der Waals surface area contributed by atoms with Gasteiger partial charge in [-0.25, -0.2) is 0 Å². The van der Waals surface area contributed by atoms with Gasteiger partial charge in [0, 0.05) is 19.2 Å². The van der Waals surface area contributed by atoms with Gasteiger partial charge in [0.25, 0.3) is 0 Å². The van der Waals surface area contributed by atoms with Crippen LogP contribution < -0.4 is 10.6 Å². The standard InChI is InChI=1S/C16H18ClN3/c1-11-4-3-5-12(8-11)10-20(2)15-7-6-13(16(18)19)9-14(15)17/h3-9H,10H2,1-2H3,(H3,18,19). The van der Waals surface area contributed by atoms with E-state index in [1.165, 1.54) is 11.1 Å². The molecule has 2 aromatic carbocycles. The van der Waals surface area contributed by atoms with E-state index in [-0.39, 0.29) is 5.84 Å². The van der Waals surface area contributed by atoms with Gasteiger partial charge in [-0.3, -0.25) is 5.41 Å². The first kappa shape index (κ1) is 14.4. The lowest BCUT2D eigenvalue weighted by Crippen LogP contribution is -2.17. The molecule has 0 radical (unpaired) electrons. The molecule has 3 nitrogen and oxygen atoms in total. The van der Waals surface area contributed by atoms with Crippen molar-refractivity contribution in [2.24, 2.45) is 5.73 Å². The fraction of sp³-hybridized carbons (Fsp3) is 0.188. The molecule has 2 aromatic rings. The van der Waals surface area contributed by atoms with Crippen LogP contribution in [0.3, 0.4) is 0 Å². The molecule has 0 saturated heterocycles. The Balaban J connectivity index is 2.21. The molecular formula is C16H18ClN3. The molecule has 20 heavy (non-hydrogen) atoms. The van der Waals surface area contributed by atoms with E-state index in [1.54, 1.807) is 6.07 Å². The molecule has 0 amide bonds. The molecule has 0 atom stereocenters. The molecule has 104 valence electrons. The number of aryl methyl sites for hydroxylation is 1. The highest BCUT2D eigenvalue weighted by atomic mass is 35.5. The Morgan fingerprint density at radius 2 is 2.00 bits per heavy atom. The molecule has 0 unspecified atom stereocenters. The third-order valence-electron chi connectivity index (χ3n) is 3.17. The average molecular weight is 288 g/mol. The number of hydrogen-bond acceptors (Lipinski definition) is 2. The van der Waals surface area contributed by atoms with E-state index in [2.05, 4.69) is 36.1 Å². The van der Waals surface area contributed by atoms with Crippen LogP contribution in [0.2, 0.25) is 5.02 Å². The Morgan fingerprint density at radius 1 is 1.25 bits per heavy atom. The smallest absolute Gasteiger partial charge is 0.122 e. The number of nitrogen functional groups attached to an aromatic ring is 1. The summed E-state index contributed by atoms with van der Waals surface area (Å²) in [6, 6.07) is 13.8. The summed E-state index contributed by atoms with van der Waals surface area (Å²) in [6.07, 6.45) is 0. The first-order valence-electron chi connectivity index (χ1n) is 6.38. The summed E-state index contributed by atoms with van der Waals surface area (Å²) in [4.78, 5) is 2.08. The van der Waals surface area contributed by atoms with Crippen molar-refractivity contribution in [3.63, 3.8) is 0 Å². The number of amidine groups is 1. The van der Waals surface area contributed by atoms with Crippen LogP contribution in [-0.2, 0) is 6.54 Å². The maximum atomic E-state index is 7.42. The Kier molecular flexibility index (Phi) is 4.30. The second-order valence-electron chi connectivity index (χ2n) is 4.92. The van der Waals surface area contributed by atoms with Gasteiger partial charge in [-0.2, -0.15) is 0 Å². The quantitative estimate of drug-likeness (QED) is 0.667. The third kappa shape index (κ3) is 3.31. The minimum Gasteiger partial charge on any atom is -0.384 e. The molecule has 0 fully saturated rings. The molecular weight excluding hydrogens is 270 g/mol. The maximum absolute atomic E-state index is 7.42. The highest BCUT2D eigenvalue weighted by Crippen LogP contribution is 2.27. The fourth-order valence-electron chi connectivity index (χ4n) is 2.15. The Morgan fingerprint density at radius 3 is 2.60 bits per heavy atom. The van der Waals surface area contributed by atoms with E-state index in [1.807, 2.05) is 19.2 Å². The Bertz CT molecular complexity index is 637. The Hall–Kier alpha value is -2.00. The average Bonchev–Trinajstić information content (AvgIpc) is 2.38. The summed E-state index contributed by atoms with van der Waals surface area (Å²) >= 11 is 6.27. The fourth-order valence-corrected chi connectivity index (χ4v) is 2.48. The number of benzene rings is 2. The van der Waals surface area contributed by atoms with Crippen molar-refractivity contribution in [1.29, 1.82) is 5.41 Å². The van der Waals surface area contributed by atoms with Gasteiger partial charge < -0.3 is 10.6 Å². The van der Waals surface area contributed by atoms with Gasteiger partial charge in [0.05, 0.1) is 10.7 Å². The molecule has 0 aliphatic rings. The molecule has 0 aliphatic heterocycles. The van der Waals surface area contributed by atoms with E-state index in [4.69, 9.17) is 22.7 Å². The van der Waals surface area contributed by atoms with E-state index >= 15 is 0 Å². The molecule has 3 N–H and O–H groups in total. The van der Waals surface area contributed by atoms with Gasteiger partial charge in [-0.15, -0.1) is 0 Å². The molecule has 0 saturated carbocycles. The minimum absolute atomic E-state index is 0.0276. The lowest BCUT2D eigenvalue weighted by molar-refractivity contribution is 0.921. The molecule has 0 bridgehead atoms. The van der Waals surface area contributed by atoms with Crippen LogP contribution in [0.5, 0.6) is 0 Å². The van der Waals surface area contributed by atoms with Crippen molar-refractivity contribution in [2.75, 3.05) is 11.9 Å². The lowest BCUT2D eigenvalue weighted by Gasteiger charge is -2.21. The van der Waals surface area contributed by atoms with E-state index < -0.39 is 0 Å². The van der Waals surface area contributed by atoms with Gasteiger partial charge in [0.1, 0.15) is 5.84 Å². The van der Waals surface area contributed by atoms with Crippen LogP contribution in [0, 0.1) is 12.3 Å². The van der Waals surface area contributed by atoms with Crippen molar-refractivity contribution >= 4 is 23.1 Å². The van der Waals surface area contributed by atoms with E-state index in [0.29, 0.717) is 10.6 Å². The lowest BCUT2D eigenvalue weighted by atomic mass is 10.1. The normalized spacial score (nSPS) is 10.3. The zero-order valence-corrected chi connectivity index (χ0v) is 12.4. The SMILES string of the molecule is Cc1cccc(CN(C)c2ccc(C(=N)N)cc2Cl)c1. The van der Waals surface area contributed by atoms with Crippen molar-refractivity contribution in [1.82, 2.24) is 0 Å². The van der Waals surface area contributed by atoms with Crippen molar-refractivity contribution in [3.8, 4) is 0 Å². The number of nitrogens with two attached hydrogens (primary N) is 1. The summed E-state index contributed by atoms with van der Waals surface area (Å²) in [6.45, 7) is 2.86. The number of rotatable bonds is 4. The number of nitrogens with zero attached hydrogens (tertiary/aromatic N) is 1. The predicted molar refractivity (Wildman–Crippen MR) is 85.8 cm³/mol. The van der Waals surface area contributed by atoms with Crippen LogP contribution >= 0.6 is 11.6 Å². The van der Waals surface area contributed by atoms with E-state index in [9.17, 15) is 0 Å². The number of halogens is 1. The second kappa shape index (κ2) is 5.97. The zero-order valence-electron chi connectivity index (χ0n) is 11.7. The van der Waals surface area contributed by atoms with E-state index in [0.717, 1.165) is 12.2 Å². The molecule has 4 heteroatoms. The number of anilines is 1. The first-order chi connectivity index (χ1) is 9.47. The monoisotopic (exact) mass is 287 g/mol. The number of nitrogens with one attached hydrogen (secondary N) is 1. The largest absolute Gasteiger partial charge is 0.384 e. The molecule has 0 heterocycles. The summed E-state index contributed by atoms with van der Waals surface area (Å²) in [5, 5.41) is 8.02. The van der Waals surface area contributed by atoms with Gasteiger partial charge in [0.2, 0.25) is 0 Å². The van der Waals surface area contributed by atoms with Gasteiger partial charge in [0.15, 0.2) is 0 Å². The summed E-state index contributed by atoms with van der Waals surface area (Å²) < 4.78 is 0. The molecule has 0 aromatic heterocycles. The molecule has 2 rings (SSSR count). The third-order valence-corrected chi connectivity index (χ3v) is 3.47. The van der Waals surface area contributed by atoms with Crippen molar-refractivity contribution in [2.45, 2.75) is 13.5 Å². The Labute approximate surface area is 124 Å². The van der Waals surface area contributed by atoms with Crippen molar-refractivity contribution in [3.05, 3.63) is 64.2 Å². The first-order valence-corrected chi connectivity index (χ1v) is 6.76. The number of hydrogen-bond donors (Lipinski definition) is 2. The van der Waals surface area contributed by atoms with Gasteiger partial charge in [-0.1, -0.05) is 41.4 Å². The van der Waals surface area contributed by atoms with Gasteiger partial charge >= 0.3 is 0 Å². The van der Waals surface area contributed by atoms with Gasteiger partial charge in [-0.05, 0) is 30.7 Å². The predicted octanol–water partition coefficient (Wildman–Crippen LogP) is 3.57. The second-order valence-corrected chi connectivity index (χ2v) is 5.33. The summed E-state index contributed by atoms with van der Waals surface area (Å²) in [5.74, 6) is 0.0276. The highest BCUT2D eigenvalue weighted by Gasteiger charge is 2.08. The van der Waals surface area contributed by atoms with Crippen LogP contribution in [0.4, 0.5) is 5.69 Å². The van der Waals surface area contributed by atoms with Crippen LogP contribution in [-0.4, -0.2) is 12.9 Å². The van der Waals surface area contributed by atoms with Crippen LogP contribution in [0.25, 0.3) is 0 Å². The molecule has 0 aliphatic carbocycles. The maximum Gasteiger partial charge on any atom is 0.122 e. The summed E-state index contributed by atoms with van der Waals surface area (Å²) in [5.41, 5.74) is 9.51. The topological polar surface area (TPSA) is 53.1 Å². The zero-order chi connectivity index (χ0) is 14.7.